The molecule has 0 spiro atoms. The summed E-state index contributed by atoms with van der Waals surface area (Å²) in [6, 6.07) is 3.83. The van der Waals surface area contributed by atoms with Gasteiger partial charge in [0.05, 0.1) is 5.56 Å². The molecular weight excluding hydrogens is 215 g/mol. The fourth-order valence-electron chi connectivity index (χ4n) is 1.27. The monoisotopic (exact) mass is 226 g/mol. The zero-order valence-electron chi connectivity index (χ0n) is 8.86. The number of halogens is 1. The van der Waals surface area contributed by atoms with Crippen LogP contribution in [0, 0.1) is 5.82 Å². The summed E-state index contributed by atoms with van der Waals surface area (Å²) in [5.74, 6) is -0.699. The third-order valence-corrected chi connectivity index (χ3v) is 2.17. The van der Waals surface area contributed by atoms with Crippen molar-refractivity contribution in [2.75, 3.05) is 0 Å². The van der Waals surface area contributed by atoms with E-state index >= 15 is 0 Å². The predicted octanol–water partition coefficient (Wildman–Crippen LogP) is 2.57. The quantitative estimate of drug-likeness (QED) is 0.635. The number of carbonyl (C=O) groups excluding carboxylic acids is 1. The highest BCUT2D eigenvalue weighted by Gasteiger charge is 2.26. The lowest BCUT2D eigenvalue weighted by Gasteiger charge is -2.23. The van der Waals surface area contributed by atoms with Crippen molar-refractivity contribution >= 4 is 12.4 Å². The second kappa shape index (κ2) is 4.30. The van der Waals surface area contributed by atoms with Gasteiger partial charge < -0.3 is 9.84 Å². The standard InChI is InChI=1S/C11H11FO4/c1-11(2,16-10(14)15)8-4-3-7(6-13)9(12)5-8/h3-6H,1-2H3,(H,14,15). The normalized spacial score (nSPS) is 10.9. The molecule has 16 heavy (non-hydrogen) atoms. The van der Waals surface area contributed by atoms with Crippen LogP contribution in [0.2, 0.25) is 0 Å². The van der Waals surface area contributed by atoms with Gasteiger partial charge in [0.1, 0.15) is 11.4 Å². The Kier molecular flexibility index (Phi) is 3.27. The van der Waals surface area contributed by atoms with Gasteiger partial charge in [0.25, 0.3) is 0 Å². The molecule has 0 bridgehead atoms. The molecule has 0 radical (unpaired) electrons. The van der Waals surface area contributed by atoms with E-state index in [4.69, 9.17) is 5.11 Å². The van der Waals surface area contributed by atoms with E-state index in [-0.39, 0.29) is 5.56 Å². The Hall–Kier alpha value is -1.91. The number of carboxylic acid groups (broad SMARTS) is 1. The molecule has 1 aromatic carbocycles. The van der Waals surface area contributed by atoms with E-state index in [9.17, 15) is 14.0 Å². The minimum absolute atomic E-state index is 0.0742. The smallest absolute Gasteiger partial charge is 0.450 e. The van der Waals surface area contributed by atoms with Crippen molar-refractivity contribution in [2.45, 2.75) is 19.4 Å². The molecule has 0 aliphatic rings. The number of aldehydes is 1. The van der Waals surface area contributed by atoms with Crippen molar-refractivity contribution in [3.63, 3.8) is 0 Å². The van der Waals surface area contributed by atoms with Gasteiger partial charge in [-0.15, -0.1) is 0 Å². The lowest BCUT2D eigenvalue weighted by molar-refractivity contribution is 0.000823. The largest absolute Gasteiger partial charge is 0.506 e. The number of rotatable bonds is 3. The fourth-order valence-corrected chi connectivity index (χ4v) is 1.27. The Morgan fingerprint density at radius 2 is 2.12 bits per heavy atom. The van der Waals surface area contributed by atoms with Crippen molar-refractivity contribution in [3.05, 3.63) is 35.1 Å². The van der Waals surface area contributed by atoms with Crippen LogP contribution in [0.5, 0.6) is 0 Å². The highest BCUT2D eigenvalue weighted by molar-refractivity contribution is 5.75. The third-order valence-electron chi connectivity index (χ3n) is 2.17. The summed E-state index contributed by atoms with van der Waals surface area (Å²) in [5.41, 5.74) is -0.887. The first-order valence-electron chi connectivity index (χ1n) is 4.54. The molecule has 0 unspecified atom stereocenters. The Morgan fingerprint density at radius 1 is 1.50 bits per heavy atom. The van der Waals surface area contributed by atoms with Crippen LogP contribution in [-0.2, 0) is 10.3 Å². The van der Waals surface area contributed by atoms with E-state index in [1.807, 2.05) is 0 Å². The molecule has 1 aromatic rings. The van der Waals surface area contributed by atoms with E-state index in [0.29, 0.717) is 11.8 Å². The van der Waals surface area contributed by atoms with Crippen LogP contribution in [0.25, 0.3) is 0 Å². The summed E-state index contributed by atoms with van der Waals surface area (Å²) in [4.78, 5) is 20.8. The zero-order valence-corrected chi connectivity index (χ0v) is 8.86. The van der Waals surface area contributed by atoms with Crippen LogP contribution >= 0.6 is 0 Å². The molecule has 0 saturated carbocycles. The highest BCUT2D eigenvalue weighted by atomic mass is 19.1. The summed E-state index contributed by atoms with van der Waals surface area (Å²) in [5, 5.41) is 8.51. The molecule has 0 aliphatic heterocycles. The van der Waals surface area contributed by atoms with Crippen molar-refractivity contribution < 1.29 is 23.8 Å². The summed E-state index contributed by atoms with van der Waals surface area (Å²) in [6.45, 7) is 2.99. The van der Waals surface area contributed by atoms with Gasteiger partial charge in [-0.1, -0.05) is 6.07 Å². The fraction of sp³-hybridized carbons (Fsp3) is 0.273. The second-order valence-corrected chi connectivity index (χ2v) is 3.73. The number of benzene rings is 1. The van der Waals surface area contributed by atoms with Crippen LogP contribution in [0.1, 0.15) is 29.8 Å². The molecule has 0 amide bonds. The van der Waals surface area contributed by atoms with E-state index in [2.05, 4.69) is 4.74 Å². The number of ether oxygens (including phenoxy) is 1. The molecule has 0 saturated heterocycles. The maximum atomic E-state index is 13.3. The van der Waals surface area contributed by atoms with Gasteiger partial charge in [-0.3, -0.25) is 4.79 Å². The van der Waals surface area contributed by atoms with Crippen molar-refractivity contribution in [2.24, 2.45) is 0 Å². The first-order chi connectivity index (χ1) is 7.36. The number of carbonyl (C=O) groups is 2. The van der Waals surface area contributed by atoms with Gasteiger partial charge in [0.15, 0.2) is 6.29 Å². The summed E-state index contributed by atoms with van der Waals surface area (Å²) in [7, 11) is 0. The van der Waals surface area contributed by atoms with E-state index in [0.717, 1.165) is 6.07 Å². The molecule has 4 nitrogen and oxygen atoms in total. The van der Waals surface area contributed by atoms with Crippen LogP contribution < -0.4 is 0 Å². The summed E-state index contributed by atoms with van der Waals surface area (Å²) >= 11 is 0. The summed E-state index contributed by atoms with van der Waals surface area (Å²) < 4.78 is 17.9. The predicted molar refractivity (Wildman–Crippen MR) is 53.9 cm³/mol. The van der Waals surface area contributed by atoms with Gasteiger partial charge >= 0.3 is 6.16 Å². The lowest BCUT2D eigenvalue weighted by atomic mass is 9.97. The second-order valence-electron chi connectivity index (χ2n) is 3.73. The number of hydrogen-bond acceptors (Lipinski definition) is 3. The van der Waals surface area contributed by atoms with Crippen molar-refractivity contribution in [1.82, 2.24) is 0 Å². The van der Waals surface area contributed by atoms with E-state index in [1.54, 1.807) is 0 Å². The molecule has 0 fully saturated rings. The van der Waals surface area contributed by atoms with Gasteiger partial charge in [-0.05, 0) is 31.5 Å². The SMILES string of the molecule is CC(C)(OC(=O)O)c1ccc(C=O)c(F)c1. The minimum atomic E-state index is -1.44. The first kappa shape index (κ1) is 12.2. The average molecular weight is 226 g/mol. The summed E-state index contributed by atoms with van der Waals surface area (Å²) in [6.07, 6.45) is -1.05. The topological polar surface area (TPSA) is 63.6 Å². The molecular formula is C11H11FO4. The minimum Gasteiger partial charge on any atom is -0.450 e. The molecule has 0 aromatic heterocycles. The van der Waals surface area contributed by atoms with Gasteiger partial charge in [-0.2, -0.15) is 0 Å². The maximum Gasteiger partial charge on any atom is 0.506 e. The average Bonchev–Trinajstić information content (AvgIpc) is 2.15. The van der Waals surface area contributed by atoms with Crippen LogP contribution in [0.15, 0.2) is 18.2 Å². The van der Waals surface area contributed by atoms with E-state index in [1.165, 1.54) is 26.0 Å². The van der Waals surface area contributed by atoms with Crippen LogP contribution in [-0.4, -0.2) is 17.5 Å². The Labute approximate surface area is 91.7 Å². The highest BCUT2D eigenvalue weighted by Crippen LogP contribution is 2.26. The Morgan fingerprint density at radius 3 is 2.56 bits per heavy atom. The molecule has 0 heterocycles. The van der Waals surface area contributed by atoms with Gasteiger partial charge in [0.2, 0.25) is 0 Å². The van der Waals surface area contributed by atoms with Gasteiger partial charge in [-0.25, -0.2) is 9.18 Å². The Balaban J connectivity index is 3.09. The van der Waals surface area contributed by atoms with Gasteiger partial charge in [0, 0.05) is 0 Å². The van der Waals surface area contributed by atoms with Crippen LogP contribution in [0.4, 0.5) is 9.18 Å². The molecule has 1 rings (SSSR count). The molecule has 86 valence electrons. The van der Waals surface area contributed by atoms with Crippen LogP contribution in [0.3, 0.4) is 0 Å². The van der Waals surface area contributed by atoms with Crippen molar-refractivity contribution in [1.29, 1.82) is 0 Å². The molecule has 5 heteroatoms. The van der Waals surface area contributed by atoms with Crippen molar-refractivity contribution in [3.8, 4) is 0 Å². The Bertz CT molecular complexity index is 426. The zero-order chi connectivity index (χ0) is 12.3. The van der Waals surface area contributed by atoms with E-state index < -0.39 is 17.6 Å². The lowest BCUT2D eigenvalue weighted by Crippen LogP contribution is -2.24. The first-order valence-corrected chi connectivity index (χ1v) is 4.54. The number of hydrogen-bond donors (Lipinski definition) is 1. The molecule has 0 atom stereocenters. The maximum absolute atomic E-state index is 13.3. The molecule has 1 N–H and O–H groups in total. The molecule has 0 aliphatic carbocycles. The third kappa shape index (κ3) is 2.56.